The van der Waals surface area contributed by atoms with Gasteiger partial charge in [0.05, 0.1) is 35.8 Å². The lowest BCUT2D eigenvalue weighted by Gasteiger charge is -2.38. The van der Waals surface area contributed by atoms with Gasteiger partial charge in [0.2, 0.25) is 0 Å². The number of carbonyl (C=O) groups is 1. The smallest absolute Gasteiger partial charge is 0.416 e. The van der Waals surface area contributed by atoms with Crippen LogP contribution in [0.2, 0.25) is 0 Å². The van der Waals surface area contributed by atoms with Gasteiger partial charge in [-0.2, -0.15) is 13.2 Å². The van der Waals surface area contributed by atoms with E-state index in [-0.39, 0.29) is 41.0 Å². The molecular formula is C31H36F3N3O6S. The summed E-state index contributed by atoms with van der Waals surface area (Å²) < 4.78 is 79.0. The lowest BCUT2D eigenvalue weighted by Crippen LogP contribution is -2.49. The van der Waals surface area contributed by atoms with Crippen LogP contribution in [0, 0.1) is 5.92 Å². The molecule has 3 aromatic carbocycles. The van der Waals surface area contributed by atoms with Gasteiger partial charge in [0.1, 0.15) is 17.6 Å². The van der Waals surface area contributed by atoms with Crippen molar-refractivity contribution in [2.75, 3.05) is 38.6 Å². The summed E-state index contributed by atoms with van der Waals surface area (Å²) >= 11 is 0. The van der Waals surface area contributed by atoms with Crippen molar-refractivity contribution >= 4 is 21.6 Å². The summed E-state index contributed by atoms with van der Waals surface area (Å²) in [5.74, 6) is 0.136. The maximum Gasteiger partial charge on any atom is 0.416 e. The SMILES string of the molecule is COc1ccc(S(=O)(=O)Nc2ccc3c(c2)C(=O)N([C@@H](C)CO)C[C@H](C)[C@H](CN(C)Cc2ccc(C(F)(F)F)cc2)O3)cc1. The van der Waals surface area contributed by atoms with E-state index in [0.29, 0.717) is 24.4 Å². The topological polar surface area (TPSA) is 108 Å². The number of hydrogen-bond donors (Lipinski definition) is 2. The first-order valence-corrected chi connectivity index (χ1v) is 15.4. The van der Waals surface area contributed by atoms with Crippen LogP contribution in [0.4, 0.5) is 18.9 Å². The quantitative estimate of drug-likeness (QED) is 0.328. The minimum absolute atomic E-state index is 0.00752. The van der Waals surface area contributed by atoms with Gasteiger partial charge in [-0.25, -0.2) is 8.42 Å². The number of alkyl halides is 3. The van der Waals surface area contributed by atoms with Gasteiger partial charge in [-0.15, -0.1) is 0 Å². The molecule has 238 valence electrons. The molecule has 0 radical (unpaired) electrons. The number of amides is 1. The van der Waals surface area contributed by atoms with Gasteiger partial charge in [-0.1, -0.05) is 19.1 Å². The normalized spacial score (nSPS) is 18.2. The predicted molar refractivity (Wildman–Crippen MR) is 159 cm³/mol. The van der Waals surface area contributed by atoms with Gasteiger partial charge in [0, 0.05) is 31.2 Å². The average molecular weight is 636 g/mol. The Morgan fingerprint density at radius 2 is 1.77 bits per heavy atom. The lowest BCUT2D eigenvalue weighted by atomic mass is 9.99. The minimum Gasteiger partial charge on any atom is -0.497 e. The van der Waals surface area contributed by atoms with Crippen LogP contribution >= 0.6 is 0 Å². The number of benzene rings is 3. The fourth-order valence-electron chi connectivity index (χ4n) is 4.96. The summed E-state index contributed by atoms with van der Waals surface area (Å²) in [5, 5.41) is 9.91. The Hall–Kier alpha value is -3.81. The first-order chi connectivity index (χ1) is 20.7. The number of sulfonamides is 1. The number of nitrogens with zero attached hydrogens (tertiary/aromatic N) is 2. The molecule has 3 atom stereocenters. The molecule has 0 spiro atoms. The van der Waals surface area contributed by atoms with Crippen LogP contribution in [0.25, 0.3) is 0 Å². The zero-order valence-electron chi connectivity index (χ0n) is 24.8. The first kappa shape index (κ1) is 33.1. The number of ether oxygens (including phenoxy) is 2. The zero-order valence-corrected chi connectivity index (χ0v) is 25.7. The number of nitrogens with one attached hydrogen (secondary N) is 1. The highest BCUT2D eigenvalue weighted by Gasteiger charge is 2.34. The number of methoxy groups -OCH3 is 1. The van der Waals surface area contributed by atoms with E-state index in [2.05, 4.69) is 4.72 Å². The standard InChI is InChI=1S/C31H36F3N3O6S/c1-20-16-37(21(2)19-38)30(39)27-15-24(35-44(40,41)26-12-10-25(42-4)11-13-26)9-14-28(27)43-29(20)18-36(3)17-22-5-7-23(8-6-22)31(32,33)34/h5-15,20-21,29,35,38H,16-19H2,1-4H3/t20-,21-,29-/m0/s1. The molecule has 2 N–H and O–H groups in total. The van der Waals surface area contributed by atoms with E-state index in [1.54, 1.807) is 6.92 Å². The van der Waals surface area contributed by atoms with Crippen LogP contribution in [0.3, 0.4) is 0 Å². The van der Waals surface area contributed by atoms with Crippen LogP contribution in [-0.2, 0) is 22.7 Å². The number of aliphatic hydroxyl groups excluding tert-OH is 1. The summed E-state index contributed by atoms with van der Waals surface area (Å²) in [6, 6.07) is 14.8. The Labute approximate surface area is 255 Å². The van der Waals surface area contributed by atoms with Crippen LogP contribution in [0.5, 0.6) is 11.5 Å². The van der Waals surface area contributed by atoms with Gasteiger partial charge >= 0.3 is 6.18 Å². The molecule has 9 nitrogen and oxygen atoms in total. The number of rotatable bonds is 10. The highest BCUT2D eigenvalue weighted by atomic mass is 32.2. The maximum atomic E-state index is 13.7. The third-order valence-corrected chi connectivity index (χ3v) is 8.91. The summed E-state index contributed by atoms with van der Waals surface area (Å²) in [4.78, 5) is 17.2. The largest absolute Gasteiger partial charge is 0.497 e. The van der Waals surface area contributed by atoms with Crippen molar-refractivity contribution < 1.29 is 41.0 Å². The van der Waals surface area contributed by atoms with Crippen LogP contribution < -0.4 is 14.2 Å². The molecule has 1 aliphatic rings. The van der Waals surface area contributed by atoms with Crippen LogP contribution in [0.15, 0.2) is 71.6 Å². The molecule has 13 heteroatoms. The fourth-order valence-corrected chi connectivity index (χ4v) is 6.00. The molecule has 0 saturated carbocycles. The Balaban J connectivity index is 1.59. The monoisotopic (exact) mass is 635 g/mol. The van der Waals surface area contributed by atoms with E-state index in [1.165, 1.54) is 66.6 Å². The van der Waals surface area contributed by atoms with Gasteiger partial charge in [0.15, 0.2) is 0 Å². The third kappa shape index (κ3) is 7.82. The molecule has 1 amide bonds. The second kappa shape index (κ2) is 13.4. The summed E-state index contributed by atoms with van der Waals surface area (Å²) in [7, 11) is -0.692. The highest BCUT2D eigenvalue weighted by Crippen LogP contribution is 2.32. The van der Waals surface area contributed by atoms with Crippen LogP contribution in [-0.4, -0.2) is 75.2 Å². The number of fused-ring (bicyclic) bond motifs is 1. The first-order valence-electron chi connectivity index (χ1n) is 14.0. The summed E-state index contributed by atoms with van der Waals surface area (Å²) in [6.07, 6.45) is -4.86. The number of carbonyl (C=O) groups excluding carboxylic acids is 1. The Morgan fingerprint density at radius 1 is 1.11 bits per heavy atom. The molecule has 4 rings (SSSR count). The number of halogens is 3. The Bertz CT molecular complexity index is 1550. The molecule has 1 aliphatic heterocycles. The van der Waals surface area contributed by atoms with E-state index < -0.39 is 39.8 Å². The molecule has 0 bridgehead atoms. The predicted octanol–water partition coefficient (Wildman–Crippen LogP) is 4.87. The van der Waals surface area contributed by atoms with E-state index in [0.717, 1.165) is 12.1 Å². The van der Waals surface area contributed by atoms with E-state index in [1.807, 2.05) is 18.9 Å². The lowest BCUT2D eigenvalue weighted by molar-refractivity contribution is -0.137. The van der Waals surface area contributed by atoms with Crippen molar-refractivity contribution in [1.29, 1.82) is 0 Å². The second-order valence-corrected chi connectivity index (χ2v) is 12.7. The number of hydrogen-bond acceptors (Lipinski definition) is 7. The summed E-state index contributed by atoms with van der Waals surface area (Å²) in [5.41, 5.74) is 0.255. The number of likely N-dealkylation sites (N-methyl/N-ethyl adjacent to an activating group) is 1. The van der Waals surface area contributed by atoms with Gasteiger partial charge in [-0.05, 0) is 74.1 Å². The molecule has 0 aromatic heterocycles. The van der Waals surface area contributed by atoms with Gasteiger partial charge in [-0.3, -0.25) is 14.4 Å². The maximum absolute atomic E-state index is 13.7. The van der Waals surface area contributed by atoms with Crippen molar-refractivity contribution in [3.8, 4) is 11.5 Å². The van der Waals surface area contributed by atoms with Crippen molar-refractivity contribution in [2.24, 2.45) is 5.92 Å². The molecule has 0 aliphatic carbocycles. The summed E-state index contributed by atoms with van der Waals surface area (Å²) in [6.45, 7) is 4.35. The molecule has 0 fully saturated rings. The highest BCUT2D eigenvalue weighted by molar-refractivity contribution is 7.92. The Kier molecular flexibility index (Phi) is 10.1. The molecule has 44 heavy (non-hydrogen) atoms. The Morgan fingerprint density at radius 3 is 2.36 bits per heavy atom. The molecular weight excluding hydrogens is 599 g/mol. The molecule has 3 aromatic rings. The van der Waals surface area contributed by atoms with E-state index in [4.69, 9.17) is 9.47 Å². The minimum atomic E-state index is -4.41. The molecule has 0 unspecified atom stereocenters. The van der Waals surface area contributed by atoms with Crippen molar-refractivity contribution in [3.63, 3.8) is 0 Å². The molecule has 1 heterocycles. The average Bonchev–Trinajstić information content (AvgIpc) is 2.98. The van der Waals surface area contributed by atoms with Crippen LogP contribution in [0.1, 0.15) is 35.3 Å². The van der Waals surface area contributed by atoms with E-state index >= 15 is 0 Å². The number of aliphatic hydroxyl groups is 1. The van der Waals surface area contributed by atoms with E-state index in [9.17, 15) is 31.5 Å². The van der Waals surface area contributed by atoms with Crippen molar-refractivity contribution in [1.82, 2.24) is 9.80 Å². The van der Waals surface area contributed by atoms with Gasteiger partial charge < -0.3 is 19.5 Å². The van der Waals surface area contributed by atoms with Crippen molar-refractivity contribution in [2.45, 2.75) is 43.6 Å². The van der Waals surface area contributed by atoms with Crippen molar-refractivity contribution in [3.05, 3.63) is 83.4 Å². The molecule has 0 saturated heterocycles. The second-order valence-electron chi connectivity index (χ2n) is 11.0. The fraction of sp³-hybridized carbons (Fsp3) is 0.387. The third-order valence-electron chi connectivity index (χ3n) is 7.51. The number of anilines is 1. The van der Waals surface area contributed by atoms with Gasteiger partial charge in [0.25, 0.3) is 15.9 Å². The zero-order chi connectivity index (χ0) is 32.2.